The van der Waals surface area contributed by atoms with Gasteiger partial charge < -0.3 is 19.5 Å². The highest BCUT2D eigenvalue weighted by atomic mass is 16.5. The fourth-order valence-electron chi connectivity index (χ4n) is 3.00. The molecule has 0 aliphatic rings. The molecule has 5 heteroatoms. The van der Waals surface area contributed by atoms with Crippen molar-refractivity contribution in [2.24, 2.45) is 0 Å². The quantitative estimate of drug-likeness (QED) is 0.310. The lowest BCUT2D eigenvalue weighted by Crippen LogP contribution is -2.07. The summed E-state index contributed by atoms with van der Waals surface area (Å²) in [6.07, 6.45) is 0.846. The smallest absolute Gasteiger partial charge is 0.337 e. The van der Waals surface area contributed by atoms with Gasteiger partial charge in [0.05, 0.1) is 19.3 Å². The van der Waals surface area contributed by atoms with Crippen LogP contribution in [0.15, 0.2) is 72.8 Å². The number of carbonyl (C=O) groups is 1. The summed E-state index contributed by atoms with van der Waals surface area (Å²) in [5.74, 6) is 2.53. The number of carbonyl (C=O) groups excluding carboxylic acids is 1. The van der Waals surface area contributed by atoms with Crippen molar-refractivity contribution < 1.29 is 19.0 Å². The van der Waals surface area contributed by atoms with Crippen LogP contribution in [0.5, 0.6) is 17.2 Å². The molecule has 3 aromatic carbocycles. The summed E-state index contributed by atoms with van der Waals surface area (Å²) < 4.78 is 16.3. The van der Waals surface area contributed by atoms with Crippen molar-refractivity contribution in [3.63, 3.8) is 0 Å². The zero-order chi connectivity index (χ0) is 22.1. The number of anilines is 1. The largest absolute Gasteiger partial charge is 0.494 e. The first-order valence-corrected chi connectivity index (χ1v) is 10.5. The van der Waals surface area contributed by atoms with E-state index in [-0.39, 0.29) is 5.97 Å². The average molecular weight is 420 g/mol. The molecule has 162 valence electrons. The Bertz CT molecular complexity index is 948. The molecule has 0 spiro atoms. The van der Waals surface area contributed by atoms with Crippen LogP contribution in [-0.4, -0.2) is 26.2 Å². The molecule has 0 saturated carbocycles. The van der Waals surface area contributed by atoms with Crippen molar-refractivity contribution in [3.8, 4) is 17.2 Å². The molecule has 5 nitrogen and oxygen atoms in total. The molecule has 0 saturated heterocycles. The topological polar surface area (TPSA) is 56.8 Å². The first kappa shape index (κ1) is 22.2. The van der Waals surface area contributed by atoms with E-state index < -0.39 is 0 Å². The van der Waals surface area contributed by atoms with Gasteiger partial charge in [-0.2, -0.15) is 0 Å². The summed E-state index contributed by atoms with van der Waals surface area (Å²) in [5.41, 5.74) is 2.84. The normalized spacial score (nSPS) is 10.6. The second kappa shape index (κ2) is 11.1. The van der Waals surface area contributed by atoms with Crippen LogP contribution in [0.4, 0.5) is 5.69 Å². The van der Waals surface area contributed by atoms with Crippen LogP contribution in [0.2, 0.25) is 0 Å². The van der Waals surface area contributed by atoms with Crippen LogP contribution in [-0.2, 0) is 4.74 Å². The standard InChI is InChI=1S/C26H29NO4/c1-19(2)20-5-13-24(14-6-20)31-25-15-9-22(10-16-25)27-17-4-18-30-23-11-7-21(8-12-23)26(28)29-3/h5-16,19,27H,4,17-18H2,1-3H3. The summed E-state index contributed by atoms with van der Waals surface area (Å²) in [6, 6.07) is 23.1. The SMILES string of the molecule is COC(=O)c1ccc(OCCCNc2ccc(Oc3ccc(C(C)C)cc3)cc2)cc1. The van der Waals surface area contributed by atoms with Crippen molar-refractivity contribution in [1.82, 2.24) is 0 Å². The Morgan fingerprint density at radius 1 is 0.839 bits per heavy atom. The van der Waals surface area contributed by atoms with Gasteiger partial charge in [0.1, 0.15) is 17.2 Å². The highest BCUT2D eigenvalue weighted by Crippen LogP contribution is 2.25. The van der Waals surface area contributed by atoms with E-state index >= 15 is 0 Å². The molecule has 0 aliphatic heterocycles. The molecule has 0 unspecified atom stereocenters. The number of nitrogens with one attached hydrogen (secondary N) is 1. The Kier molecular flexibility index (Phi) is 7.93. The van der Waals surface area contributed by atoms with Crippen LogP contribution >= 0.6 is 0 Å². The summed E-state index contributed by atoms with van der Waals surface area (Å²) in [7, 11) is 1.37. The van der Waals surface area contributed by atoms with E-state index in [2.05, 4.69) is 36.0 Å². The molecule has 0 atom stereocenters. The van der Waals surface area contributed by atoms with Crippen molar-refractivity contribution in [2.75, 3.05) is 25.6 Å². The first-order valence-electron chi connectivity index (χ1n) is 10.5. The molecular formula is C26H29NO4. The summed E-state index contributed by atoms with van der Waals surface area (Å²) in [5, 5.41) is 3.38. The van der Waals surface area contributed by atoms with Crippen molar-refractivity contribution >= 4 is 11.7 Å². The van der Waals surface area contributed by atoms with Gasteiger partial charge in [-0.15, -0.1) is 0 Å². The minimum atomic E-state index is -0.351. The van der Waals surface area contributed by atoms with Crippen LogP contribution in [0.25, 0.3) is 0 Å². The molecule has 3 rings (SSSR count). The zero-order valence-electron chi connectivity index (χ0n) is 18.3. The van der Waals surface area contributed by atoms with Gasteiger partial charge in [-0.3, -0.25) is 0 Å². The van der Waals surface area contributed by atoms with E-state index in [1.807, 2.05) is 36.4 Å². The van der Waals surface area contributed by atoms with Gasteiger partial charge in [0, 0.05) is 12.2 Å². The van der Waals surface area contributed by atoms with Gasteiger partial charge in [-0.1, -0.05) is 26.0 Å². The summed E-state index contributed by atoms with van der Waals surface area (Å²) >= 11 is 0. The van der Waals surface area contributed by atoms with Gasteiger partial charge in [-0.05, 0) is 78.6 Å². The average Bonchev–Trinajstić information content (AvgIpc) is 2.80. The van der Waals surface area contributed by atoms with Gasteiger partial charge in [0.15, 0.2) is 0 Å². The highest BCUT2D eigenvalue weighted by Gasteiger charge is 2.05. The maximum absolute atomic E-state index is 11.4. The van der Waals surface area contributed by atoms with Crippen LogP contribution in [0.1, 0.15) is 42.1 Å². The molecule has 3 aromatic rings. The summed E-state index contributed by atoms with van der Waals surface area (Å²) in [4.78, 5) is 11.4. The number of benzene rings is 3. The number of methoxy groups -OCH3 is 1. The van der Waals surface area contributed by atoms with E-state index in [0.717, 1.165) is 35.9 Å². The molecule has 0 aliphatic carbocycles. The Hall–Kier alpha value is -3.47. The van der Waals surface area contributed by atoms with Gasteiger partial charge in [0.2, 0.25) is 0 Å². The Labute approximate surface area is 184 Å². The minimum Gasteiger partial charge on any atom is -0.494 e. The molecule has 0 fully saturated rings. The molecule has 1 N–H and O–H groups in total. The predicted molar refractivity (Wildman–Crippen MR) is 123 cm³/mol. The van der Waals surface area contributed by atoms with E-state index in [9.17, 15) is 4.79 Å². The first-order chi connectivity index (χ1) is 15.0. The lowest BCUT2D eigenvalue weighted by molar-refractivity contribution is 0.0600. The van der Waals surface area contributed by atoms with Crippen molar-refractivity contribution in [3.05, 3.63) is 83.9 Å². The fraction of sp³-hybridized carbons (Fsp3) is 0.269. The molecular weight excluding hydrogens is 390 g/mol. The Morgan fingerprint density at radius 2 is 1.42 bits per heavy atom. The Balaban J connectivity index is 1.38. The third kappa shape index (κ3) is 6.78. The zero-order valence-corrected chi connectivity index (χ0v) is 18.3. The number of rotatable bonds is 10. The third-order valence-electron chi connectivity index (χ3n) is 4.83. The van der Waals surface area contributed by atoms with E-state index in [4.69, 9.17) is 9.47 Å². The molecule has 31 heavy (non-hydrogen) atoms. The molecule has 0 aromatic heterocycles. The maximum atomic E-state index is 11.4. The van der Waals surface area contributed by atoms with Crippen LogP contribution in [0.3, 0.4) is 0 Å². The third-order valence-corrected chi connectivity index (χ3v) is 4.83. The van der Waals surface area contributed by atoms with Gasteiger partial charge >= 0.3 is 5.97 Å². The number of esters is 1. The lowest BCUT2D eigenvalue weighted by Gasteiger charge is -2.11. The second-order valence-corrected chi connectivity index (χ2v) is 7.49. The Morgan fingerprint density at radius 3 is 2.00 bits per heavy atom. The highest BCUT2D eigenvalue weighted by molar-refractivity contribution is 5.89. The molecule has 0 heterocycles. The minimum absolute atomic E-state index is 0.351. The van der Waals surface area contributed by atoms with Crippen LogP contribution in [0, 0.1) is 0 Å². The maximum Gasteiger partial charge on any atom is 0.337 e. The molecule has 0 amide bonds. The van der Waals surface area contributed by atoms with E-state index in [0.29, 0.717) is 18.1 Å². The van der Waals surface area contributed by atoms with Gasteiger partial charge in [-0.25, -0.2) is 4.79 Å². The van der Waals surface area contributed by atoms with Crippen LogP contribution < -0.4 is 14.8 Å². The van der Waals surface area contributed by atoms with E-state index in [1.54, 1.807) is 24.3 Å². The number of hydrogen-bond acceptors (Lipinski definition) is 5. The number of hydrogen-bond donors (Lipinski definition) is 1. The van der Waals surface area contributed by atoms with Crippen molar-refractivity contribution in [2.45, 2.75) is 26.2 Å². The predicted octanol–water partition coefficient (Wildman–Crippen LogP) is 6.27. The summed E-state index contributed by atoms with van der Waals surface area (Å²) in [6.45, 7) is 5.73. The van der Waals surface area contributed by atoms with E-state index in [1.165, 1.54) is 12.7 Å². The second-order valence-electron chi connectivity index (χ2n) is 7.49. The van der Waals surface area contributed by atoms with Gasteiger partial charge in [0.25, 0.3) is 0 Å². The number of ether oxygens (including phenoxy) is 3. The monoisotopic (exact) mass is 419 g/mol. The van der Waals surface area contributed by atoms with Crippen molar-refractivity contribution in [1.29, 1.82) is 0 Å². The fourth-order valence-corrected chi connectivity index (χ4v) is 3.00. The molecule has 0 bridgehead atoms. The molecule has 0 radical (unpaired) electrons. The lowest BCUT2D eigenvalue weighted by atomic mass is 10.0.